The van der Waals surface area contributed by atoms with Gasteiger partial charge in [-0.1, -0.05) is 11.6 Å². The van der Waals surface area contributed by atoms with Crippen LogP contribution < -0.4 is 10.6 Å². The third-order valence-electron chi connectivity index (χ3n) is 3.47. The number of urea groups is 1. The van der Waals surface area contributed by atoms with E-state index in [0.29, 0.717) is 16.1 Å². The molecule has 0 unspecified atom stereocenters. The third kappa shape index (κ3) is 2.85. The second-order valence-electron chi connectivity index (χ2n) is 5.13. The van der Waals surface area contributed by atoms with E-state index in [1.54, 1.807) is 12.1 Å². The summed E-state index contributed by atoms with van der Waals surface area (Å²) in [5.74, 6) is -0.724. The van der Waals surface area contributed by atoms with Crippen molar-refractivity contribution >= 4 is 29.4 Å². The van der Waals surface area contributed by atoms with Crippen LogP contribution in [0.25, 0.3) is 0 Å². The average Bonchev–Trinajstić information content (AvgIpc) is 3.22. The van der Waals surface area contributed by atoms with Crippen LogP contribution in [-0.2, 0) is 0 Å². The van der Waals surface area contributed by atoms with Gasteiger partial charge in [0.2, 0.25) is 0 Å². The molecule has 0 bridgehead atoms. The Hall–Kier alpha value is -2.08. The SMILES string of the molecule is O=C(NCCN1C(=O)c2ccc(Cl)cc2C1=O)NC1CC1. The Labute approximate surface area is 126 Å². The van der Waals surface area contributed by atoms with E-state index in [0.717, 1.165) is 17.7 Å². The summed E-state index contributed by atoms with van der Waals surface area (Å²) in [5.41, 5.74) is 0.668. The number of carbonyl (C=O) groups is 3. The van der Waals surface area contributed by atoms with Gasteiger partial charge in [-0.25, -0.2) is 4.79 Å². The highest BCUT2D eigenvalue weighted by molar-refractivity contribution is 6.32. The highest BCUT2D eigenvalue weighted by Crippen LogP contribution is 2.25. The van der Waals surface area contributed by atoms with E-state index in [4.69, 9.17) is 11.6 Å². The van der Waals surface area contributed by atoms with Crippen LogP contribution in [0, 0.1) is 0 Å². The number of amides is 4. The predicted octanol–water partition coefficient (Wildman–Crippen LogP) is 1.40. The van der Waals surface area contributed by atoms with E-state index in [-0.39, 0.29) is 37.0 Å². The Morgan fingerprint density at radius 1 is 1.24 bits per heavy atom. The molecule has 0 saturated heterocycles. The number of hydrogen-bond acceptors (Lipinski definition) is 3. The Balaban J connectivity index is 1.58. The van der Waals surface area contributed by atoms with Crippen molar-refractivity contribution in [3.8, 4) is 0 Å². The maximum atomic E-state index is 12.1. The van der Waals surface area contributed by atoms with Crippen molar-refractivity contribution in [3.63, 3.8) is 0 Å². The standard InChI is InChI=1S/C14H14ClN3O3/c15-8-1-4-10-11(7-8)13(20)18(12(10)19)6-5-16-14(21)17-9-2-3-9/h1,4,7,9H,2-3,5-6H2,(H2,16,17,21). The Bertz CT molecular complexity index is 628. The van der Waals surface area contributed by atoms with Gasteiger partial charge < -0.3 is 10.6 Å². The average molecular weight is 308 g/mol. The highest BCUT2D eigenvalue weighted by Gasteiger charge is 2.35. The van der Waals surface area contributed by atoms with Gasteiger partial charge in [0.15, 0.2) is 0 Å². The monoisotopic (exact) mass is 307 g/mol. The first-order chi connectivity index (χ1) is 10.1. The smallest absolute Gasteiger partial charge is 0.315 e. The number of carbonyl (C=O) groups excluding carboxylic acids is 3. The molecule has 0 radical (unpaired) electrons. The topological polar surface area (TPSA) is 78.5 Å². The molecule has 6 nitrogen and oxygen atoms in total. The van der Waals surface area contributed by atoms with Crippen LogP contribution in [0.3, 0.4) is 0 Å². The first kappa shape index (κ1) is 13.9. The van der Waals surface area contributed by atoms with Gasteiger partial charge >= 0.3 is 6.03 Å². The van der Waals surface area contributed by atoms with Crippen LogP contribution in [0.4, 0.5) is 4.79 Å². The van der Waals surface area contributed by atoms with Gasteiger partial charge in [-0.05, 0) is 31.0 Å². The Kier molecular flexibility index (Phi) is 3.55. The molecule has 1 saturated carbocycles. The Morgan fingerprint density at radius 2 is 1.95 bits per heavy atom. The van der Waals surface area contributed by atoms with Crippen LogP contribution >= 0.6 is 11.6 Å². The highest BCUT2D eigenvalue weighted by atomic mass is 35.5. The minimum atomic E-state index is -0.373. The summed E-state index contributed by atoms with van der Waals surface area (Å²) in [4.78, 5) is 36.8. The number of rotatable bonds is 4. The summed E-state index contributed by atoms with van der Waals surface area (Å²) >= 11 is 5.84. The summed E-state index contributed by atoms with van der Waals surface area (Å²) in [6.07, 6.45) is 2.01. The molecule has 2 N–H and O–H groups in total. The fourth-order valence-electron chi connectivity index (χ4n) is 2.21. The fourth-order valence-corrected chi connectivity index (χ4v) is 2.38. The Morgan fingerprint density at radius 3 is 2.67 bits per heavy atom. The van der Waals surface area contributed by atoms with E-state index in [1.165, 1.54) is 6.07 Å². The number of benzene rings is 1. The molecular weight excluding hydrogens is 294 g/mol. The summed E-state index contributed by atoms with van der Waals surface area (Å²) in [6.45, 7) is 0.361. The summed E-state index contributed by atoms with van der Waals surface area (Å²) < 4.78 is 0. The van der Waals surface area contributed by atoms with Crippen molar-refractivity contribution in [3.05, 3.63) is 34.3 Å². The largest absolute Gasteiger partial charge is 0.336 e. The molecule has 0 aromatic heterocycles. The first-order valence-electron chi connectivity index (χ1n) is 6.76. The van der Waals surface area contributed by atoms with Crippen molar-refractivity contribution in [2.24, 2.45) is 0 Å². The molecule has 110 valence electrons. The lowest BCUT2D eigenvalue weighted by Gasteiger charge is -2.14. The molecule has 4 amide bonds. The van der Waals surface area contributed by atoms with E-state index in [9.17, 15) is 14.4 Å². The fraction of sp³-hybridized carbons (Fsp3) is 0.357. The zero-order valence-electron chi connectivity index (χ0n) is 11.2. The van der Waals surface area contributed by atoms with Crippen LogP contribution in [0.15, 0.2) is 18.2 Å². The van der Waals surface area contributed by atoms with E-state index in [1.807, 2.05) is 0 Å². The molecule has 1 aliphatic heterocycles. The number of imide groups is 1. The first-order valence-corrected chi connectivity index (χ1v) is 7.14. The minimum Gasteiger partial charge on any atom is -0.336 e. The zero-order chi connectivity index (χ0) is 15.0. The molecule has 0 atom stereocenters. The molecule has 1 aromatic rings. The molecule has 7 heteroatoms. The molecule has 2 aliphatic rings. The van der Waals surface area contributed by atoms with Crippen LogP contribution in [0.1, 0.15) is 33.6 Å². The zero-order valence-corrected chi connectivity index (χ0v) is 11.9. The van der Waals surface area contributed by atoms with Gasteiger partial charge in [-0.2, -0.15) is 0 Å². The van der Waals surface area contributed by atoms with Gasteiger partial charge in [0.1, 0.15) is 0 Å². The lowest BCUT2D eigenvalue weighted by Crippen LogP contribution is -2.42. The predicted molar refractivity (Wildman–Crippen MR) is 76.4 cm³/mol. The maximum absolute atomic E-state index is 12.1. The number of hydrogen-bond donors (Lipinski definition) is 2. The van der Waals surface area contributed by atoms with Crippen molar-refractivity contribution in [1.82, 2.24) is 15.5 Å². The number of nitrogens with one attached hydrogen (secondary N) is 2. The summed E-state index contributed by atoms with van der Waals surface area (Å²) in [5, 5.41) is 5.82. The normalized spacial score (nSPS) is 16.9. The molecule has 21 heavy (non-hydrogen) atoms. The quantitative estimate of drug-likeness (QED) is 0.825. The van der Waals surface area contributed by atoms with Gasteiger partial charge in [-0.3, -0.25) is 14.5 Å². The van der Waals surface area contributed by atoms with E-state index >= 15 is 0 Å². The number of fused-ring (bicyclic) bond motifs is 1. The second kappa shape index (κ2) is 5.37. The third-order valence-corrected chi connectivity index (χ3v) is 3.70. The maximum Gasteiger partial charge on any atom is 0.315 e. The molecular formula is C14H14ClN3O3. The molecule has 1 aromatic carbocycles. The second-order valence-corrected chi connectivity index (χ2v) is 5.56. The summed E-state index contributed by atoms with van der Waals surface area (Å²) in [6, 6.07) is 4.62. The van der Waals surface area contributed by atoms with E-state index < -0.39 is 0 Å². The molecule has 1 aliphatic carbocycles. The lowest BCUT2D eigenvalue weighted by molar-refractivity contribution is 0.0656. The van der Waals surface area contributed by atoms with Gasteiger partial charge in [0.05, 0.1) is 11.1 Å². The number of nitrogens with zero attached hydrogens (tertiary/aromatic N) is 1. The van der Waals surface area contributed by atoms with Crippen molar-refractivity contribution in [1.29, 1.82) is 0 Å². The van der Waals surface area contributed by atoms with Gasteiger partial charge in [0, 0.05) is 24.2 Å². The van der Waals surface area contributed by atoms with Crippen LogP contribution in [0.2, 0.25) is 5.02 Å². The van der Waals surface area contributed by atoms with Gasteiger partial charge in [-0.15, -0.1) is 0 Å². The van der Waals surface area contributed by atoms with E-state index in [2.05, 4.69) is 10.6 Å². The van der Waals surface area contributed by atoms with Crippen molar-refractivity contribution < 1.29 is 14.4 Å². The molecule has 1 fully saturated rings. The van der Waals surface area contributed by atoms with Crippen LogP contribution in [0.5, 0.6) is 0 Å². The molecule has 1 heterocycles. The van der Waals surface area contributed by atoms with Crippen molar-refractivity contribution in [2.75, 3.05) is 13.1 Å². The lowest BCUT2D eigenvalue weighted by atomic mass is 10.1. The van der Waals surface area contributed by atoms with Crippen LogP contribution in [-0.4, -0.2) is 41.9 Å². The summed E-state index contributed by atoms with van der Waals surface area (Å²) in [7, 11) is 0. The van der Waals surface area contributed by atoms with Gasteiger partial charge in [0.25, 0.3) is 11.8 Å². The number of halogens is 1. The van der Waals surface area contributed by atoms with Crippen molar-refractivity contribution in [2.45, 2.75) is 18.9 Å². The molecule has 0 spiro atoms. The minimum absolute atomic E-state index is 0.141. The molecule has 3 rings (SSSR count).